The van der Waals surface area contributed by atoms with Gasteiger partial charge in [0.2, 0.25) is 0 Å². The Kier molecular flexibility index (Phi) is 5.77. The highest BCUT2D eigenvalue weighted by Gasteiger charge is 2.09. The monoisotopic (exact) mass is 277 g/mol. The number of nitrogens with one attached hydrogen (secondary N) is 1. The summed E-state index contributed by atoms with van der Waals surface area (Å²) in [5.74, 6) is -0.362. The molecule has 0 bridgehead atoms. The van der Waals surface area contributed by atoms with Gasteiger partial charge in [0, 0.05) is 23.7 Å². The molecule has 0 saturated carbocycles. The lowest BCUT2D eigenvalue weighted by Gasteiger charge is -2.10. The number of aliphatic carboxylic acids is 1. The standard InChI is InChI=1S/C15H19NO4/c1-10(2)9-16-15(19)12-4-6-13(20-3)11(8-12)5-7-14(17)18/h4-8,10H,9H2,1-3H3,(H,16,19)(H,17,18). The number of hydrogen-bond donors (Lipinski definition) is 2. The smallest absolute Gasteiger partial charge is 0.328 e. The third-order valence-electron chi connectivity index (χ3n) is 2.57. The molecule has 0 radical (unpaired) electrons. The van der Waals surface area contributed by atoms with Gasteiger partial charge < -0.3 is 15.2 Å². The minimum absolute atomic E-state index is 0.189. The fourth-order valence-corrected chi connectivity index (χ4v) is 1.57. The van der Waals surface area contributed by atoms with Gasteiger partial charge in [0.25, 0.3) is 5.91 Å². The molecule has 0 spiro atoms. The average molecular weight is 277 g/mol. The van der Waals surface area contributed by atoms with E-state index < -0.39 is 5.97 Å². The molecule has 20 heavy (non-hydrogen) atoms. The number of carboxylic acid groups (broad SMARTS) is 1. The van der Waals surface area contributed by atoms with E-state index in [-0.39, 0.29) is 5.91 Å². The van der Waals surface area contributed by atoms with Gasteiger partial charge in [-0.3, -0.25) is 4.79 Å². The van der Waals surface area contributed by atoms with Crippen LogP contribution in [0, 0.1) is 5.92 Å². The molecule has 1 rings (SSSR count). The van der Waals surface area contributed by atoms with Crippen LogP contribution >= 0.6 is 0 Å². The predicted octanol–water partition coefficient (Wildman–Crippen LogP) is 2.18. The first kappa shape index (κ1) is 15.8. The first-order chi connectivity index (χ1) is 9.43. The Balaban J connectivity index is 2.97. The van der Waals surface area contributed by atoms with Crippen LogP contribution in [0.4, 0.5) is 0 Å². The van der Waals surface area contributed by atoms with E-state index in [0.717, 1.165) is 6.08 Å². The zero-order valence-electron chi connectivity index (χ0n) is 11.8. The van der Waals surface area contributed by atoms with E-state index in [1.165, 1.54) is 13.2 Å². The van der Waals surface area contributed by atoms with Gasteiger partial charge in [-0.05, 0) is 30.2 Å². The van der Waals surface area contributed by atoms with Crippen molar-refractivity contribution in [2.75, 3.05) is 13.7 Å². The number of methoxy groups -OCH3 is 1. The Hall–Kier alpha value is -2.30. The lowest BCUT2D eigenvalue weighted by atomic mass is 10.1. The van der Waals surface area contributed by atoms with Crippen molar-refractivity contribution in [2.45, 2.75) is 13.8 Å². The predicted molar refractivity (Wildman–Crippen MR) is 76.8 cm³/mol. The summed E-state index contributed by atoms with van der Waals surface area (Å²) < 4.78 is 5.13. The van der Waals surface area contributed by atoms with Crippen molar-refractivity contribution < 1.29 is 19.4 Å². The van der Waals surface area contributed by atoms with Crippen LogP contribution in [0.3, 0.4) is 0 Å². The number of hydrogen-bond acceptors (Lipinski definition) is 3. The first-order valence-corrected chi connectivity index (χ1v) is 6.31. The zero-order valence-corrected chi connectivity index (χ0v) is 11.8. The summed E-state index contributed by atoms with van der Waals surface area (Å²) in [6.07, 6.45) is 2.41. The maximum Gasteiger partial charge on any atom is 0.328 e. The van der Waals surface area contributed by atoms with Gasteiger partial charge in [-0.25, -0.2) is 4.79 Å². The Morgan fingerprint density at radius 3 is 2.65 bits per heavy atom. The summed E-state index contributed by atoms with van der Waals surface area (Å²) in [5.41, 5.74) is 1.02. The maximum atomic E-state index is 11.9. The molecule has 1 aromatic rings. The van der Waals surface area contributed by atoms with E-state index in [2.05, 4.69) is 5.32 Å². The van der Waals surface area contributed by atoms with Crippen LogP contribution in [0.1, 0.15) is 29.8 Å². The van der Waals surface area contributed by atoms with E-state index in [4.69, 9.17) is 9.84 Å². The highest BCUT2D eigenvalue weighted by Crippen LogP contribution is 2.21. The second kappa shape index (κ2) is 7.33. The van der Waals surface area contributed by atoms with Crippen molar-refractivity contribution in [2.24, 2.45) is 5.92 Å². The Morgan fingerprint density at radius 1 is 1.40 bits per heavy atom. The van der Waals surface area contributed by atoms with Gasteiger partial charge in [0.15, 0.2) is 0 Å². The first-order valence-electron chi connectivity index (χ1n) is 6.31. The van der Waals surface area contributed by atoms with Gasteiger partial charge in [0.05, 0.1) is 7.11 Å². The topological polar surface area (TPSA) is 75.6 Å². The van der Waals surface area contributed by atoms with Crippen molar-refractivity contribution in [3.63, 3.8) is 0 Å². The SMILES string of the molecule is COc1ccc(C(=O)NCC(C)C)cc1C=CC(=O)O. The molecule has 0 fully saturated rings. The van der Waals surface area contributed by atoms with Gasteiger partial charge >= 0.3 is 5.97 Å². The number of amides is 1. The number of carbonyl (C=O) groups excluding carboxylic acids is 1. The molecule has 0 unspecified atom stereocenters. The van der Waals surface area contributed by atoms with Gasteiger partial charge in [-0.2, -0.15) is 0 Å². The van der Waals surface area contributed by atoms with Crippen LogP contribution in [0.15, 0.2) is 24.3 Å². The molecule has 0 aromatic heterocycles. The van der Waals surface area contributed by atoms with Crippen LogP contribution in [0.2, 0.25) is 0 Å². The molecular formula is C15H19NO4. The van der Waals surface area contributed by atoms with E-state index >= 15 is 0 Å². The van der Waals surface area contributed by atoms with E-state index in [0.29, 0.717) is 29.3 Å². The molecule has 1 aromatic carbocycles. The number of benzene rings is 1. The second-order valence-corrected chi connectivity index (χ2v) is 4.73. The van der Waals surface area contributed by atoms with E-state index in [9.17, 15) is 9.59 Å². The molecule has 0 saturated heterocycles. The zero-order chi connectivity index (χ0) is 15.1. The summed E-state index contributed by atoms with van der Waals surface area (Å²) >= 11 is 0. The molecule has 1 amide bonds. The number of carboxylic acids is 1. The number of rotatable bonds is 6. The summed E-state index contributed by atoms with van der Waals surface area (Å²) in [6, 6.07) is 4.90. The second-order valence-electron chi connectivity index (χ2n) is 4.73. The van der Waals surface area contributed by atoms with Gasteiger partial charge in [-0.15, -0.1) is 0 Å². The highest BCUT2D eigenvalue weighted by molar-refractivity contribution is 5.95. The summed E-state index contributed by atoms with van der Waals surface area (Å²) in [4.78, 5) is 22.5. The summed E-state index contributed by atoms with van der Waals surface area (Å²) in [5, 5.41) is 11.5. The normalized spacial score (nSPS) is 10.8. The highest BCUT2D eigenvalue weighted by atomic mass is 16.5. The van der Waals surface area contributed by atoms with Crippen LogP contribution < -0.4 is 10.1 Å². The lowest BCUT2D eigenvalue weighted by Crippen LogP contribution is -2.27. The largest absolute Gasteiger partial charge is 0.496 e. The van der Waals surface area contributed by atoms with Crippen LogP contribution in [0.25, 0.3) is 6.08 Å². The van der Waals surface area contributed by atoms with Crippen molar-refractivity contribution in [3.8, 4) is 5.75 Å². The van der Waals surface area contributed by atoms with Crippen LogP contribution in [-0.4, -0.2) is 30.6 Å². The fraction of sp³-hybridized carbons (Fsp3) is 0.333. The molecule has 0 atom stereocenters. The molecule has 0 aliphatic heterocycles. The lowest BCUT2D eigenvalue weighted by molar-refractivity contribution is -0.131. The van der Waals surface area contributed by atoms with Crippen LogP contribution in [-0.2, 0) is 4.79 Å². The van der Waals surface area contributed by atoms with Gasteiger partial charge in [-0.1, -0.05) is 13.8 Å². The molecule has 5 nitrogen and oxygen atoms in total. The van der Waals surface area contributed by atoms with Crippen LogP contribution in [0.5, 0.6) is 5.75 Å². The van der Waals surface area contributed by atoms with Crippen molar-refractivity contribution in [1.82, 2.24) is 5.32 Å². The Morgan fingerprint density at radius 2 is 2.10 bits per heavy atom. The molecular weight excluding hydrogens is 258 g/mol. The third-order valence-corrected chi connectivity index (χ3v) is 2.57. The number of carbonyl (C=O) groups is 2. The van der Waals surface area contributed by atoms with Crippen molar-refractivity contribution >= 4 is 18.0 Å². The molecule has 0 aliphatic carbocycles. The Labute approximate surface area is 118 Å². The minimum Gasteiger partial charge on any atom is -0.496 e. The van der Waals surface area contributed by atoms with E-state index in [1.807, 2.05) is 13.8 Å². The maximum absolute atomic E-state index is 11.9. The number of ether oxygens (including phenoxy) is 1. The molecule has 0 heterocycles. The fourth-order valence-electron chi connectivity index (χ4n) is 1.57. The molecule has 108 valence electrons. The summed E-state index contributed by atoms with van der Waals surface area (Å²) in [7, 11) is 1.49. The van der Waals surface area contributed by atoms with Crippen molar-refractivity contribution in [1.29, 1.82) is 0 Å². The Bertz CT molecular complexity index is 521. The molecule has 0 aliphatic rings. The molecule has 5 heteroatoms. The minimum atomic E-state index is -1.05. The van der Waals surface area contributed by atoms with E-state index in [1.54, 1.807) is 18.2 Å². The molecule has 2 N–H and O–H groups in total. The summed E-state index contributed by atoms with van der Waals surface area (Å²) in [6.45, 7) is 4.61. The average Bonchev–Trinajstić information content (AvgIpc) is 2.41. The van der Waals surface area contributed by atoms with Gasteiger partial charge in [0.1, 0.15) is 5.75 Å². The quantitative estimate of drug-likeness (QED) is 0.781. The third kappa shape index (κ3) is 4.76. The van der Waals surface area contributed by atoms with Crippen molar-refractivity contribution in [3.05, 3.63) is 35.4 Å².